The quantitative estimate of drug-likeness (QED) is 0.576. The molecule has 4 rings (SSSR count). The average Bonchev–Trinajstić information content (AvgIpc) is 3.40. The number of rotatable bonds is 5. The van der Waals surface area contributed by atoms with Crippen LogP contribution in [0.1, 0.15) is 34.8 Å². The van der Waals surface area contributed by atoms with E-state index in [1.807, 2.05) is 31.2 Å². The number of pyridine rings is 1. The third-order valence-electron chi connectivity index (χ3n) is 4.19. The van der Waals surface area contributed by atoms with Gasteiger partial charge in [-0.3, -0.25) is 4.79 Å². The first-order chi connectivity index (χ1) is 13.6. The van der Waals surface area contributed by atoms with Gasteiger partial charge in [0.05, 0.1) is 5.56 Å². The van der Waals surface area contributed by atoms with Crippen molar-refractivity contribution in [1.29, 1.82) is 0 Å². The lowest BCUT2D eigenvalue weighted by Gasteiger charge is -2.09. The lowest BCUT2D eigenvalue weighted by Crippen LogP contribution is -2.27. The molecule has 1 aromatic carbocycles. The van der Waals surface area contributed by atoms with Gasteiger partial charge >= 0.3 is 0 Å². The number of benzene rings is 1. The Morgan fingerprint density at radius 3 is 2.82 bits per heavy atom. The number of carbonyl (C=O) groups excluding carboxylic acids is 1. The first-order valence-corrected chi connectivity index (χ1v) is 8.78. The minimum Gasteiger partial charge on any atom is -0.340 e. The van der Waals surface area contributed by atoms with Crippen molar-refractivity contribution in [2.75, 3.05) is 0 Å². The number of aryl methyl sites for hydroxylation is 1. The Kier molecular flexibility index (Phi) is 4.67. The van der Waals surface area contributed by atoms with Gasteiger partial charge in [0.15, 0.2) is 5.82 Å². The largest absolute Gasteiger partial charge is 0.340 e. The number of hydrogen-bond donors (Lipinski definition) is 1. The number of nitrogens with zero attached hydrogens (tertiary/aromatic N) is 5. The summed E-state index contributed by atoms with van der Waals surface area (Å²) >= 11 is 0. The second-order valence-corrected chi connectivity index (χ2v) is 6.38. The van der Waals surface area contributed by atoms with Gasteiger partial charge in [-0.15, -0.1) is 0 Å². The molecule has 4 aromatic rings. The van der Waals surface area contributed by atoms with Crippen LogP contribution >= 0.6 is 0 Å². The maximum atomic E-state index is 12.5. The Labute approximate surface area is 161 Å². The van der Waals surface area contributed by atoms with Gasteiger partial charge < -0.3 is 9.84 Å². The van der Waals surface area contributed by atoms with Gasteiger partial charge in [0.25, 0.3) is 5.91 Å². The van der Waals surface area contributed by atoms with Crippen molar-refractivity contribution in [2.45, 2.75) is 19.9 Å². The summed E-state index contributed by atoms with van der Waals surface area (Å²) in [6, 6.07) is 12.6. The highest BCUT2D eigenvalue weighted by Crippen LogP contribution is 2.20. The summed E-state index contributed by atoms with van der Waals surface area (Å²) in [5.41, 5.74) is 2.41. The van der Waals surface area contributed by atoms with Crippen molar-refractivity contribution in [3.8, 4) is 17.2 Å². The zero-order chi connectivity index (χ0) is 19.5. The summed E-state index contributed by atoms with van der Waals surface area (Å²) in [6.07, 6.45) is 4.95. The normalized spacial score (nSPS) is 11.9. The molecule has 0 spiro atoms. The Balaban J connectivity index is 1.45. The molecule has 0 saturated heterocycles. The fraction of sp³-hybridized carbons (Fsp3) is 0.150. The van der Waals surface area contributed by atoms with E-state index in [2.05, 4.69) is 25.5 Å². The molecule has 8 nitrogen and oxygen atoms in total. The standard InChI is InChI=1S/C20H18N6O2/c1-13-5-3-6-15(11-13)18-24-20(28-25-18)14(2)23-19(27)16-7-8-17(21-12-16)26-10-4-9-22-26/h3-12,14H,1-2H3,(H,23,27)/t14-/m1/s1. The second kappa shape index (κ2) is 7.43. The van der Waals surface area contributed by atoms with Crippen molar-refractivity contribution < 1.29 is 9.32 Å². The van der Waals surface area contributed by atoms with E-state index in [1.54, 1.807) is 42.2 Å². The van der Waals surface area contributed by atoms with Crippen LogP contribution in [0.25, 0.3) is 17.2 Å². The molecule has 1 N–H and O–H groups in total. The monoisotopic (exact) mass is 374 g/mol. The van der Waals surface area contributed by atoms with E-state index >= 15 is 0 Å². The second-order valence-electron chi connectivity index (χ2n) is 6.38. The van der Waals surface area contributed by atoms with Gasteiger partial charge in [-0.1, -0.05) is 28.9 Å². The molecule has 3 heterocycles. The SMILES string of the molecule is Cc1cccc(-c2noc([C@@H](C)NC(=O)c3ccc(-n4cccn4)nc3)n2)c1. The molecule has 0 radical (unpaired) electrons. The molecule has 0 bridgehead atoms. The Morgan fingerprint density at radius 2 is 2.11 bits per heavy atom. The topological polar surface area (TPSA) is 98.7 Å². The Hall–Kier alpha value is -3.81. The van der Waals surface area contributed by atoms with Crippen molar-refractivity contribution >= 4 is 5.91 Å². The van der Waals surface area contributed by atoms with Crippen LogP contribution in [0.5, 0.6) is 0 Å². The molecule has 28 heavy (non-hydrogen) atoms. The lowest BCUT2D eigenvalue weighted by molar-refractivity contribution is 0.0932. The van der Waals surface area contributed by atoms with Crippen LogP contribution in [-0.2, 0) is 0 Å². The molecular formula is C20H18N6O2. The first kappa shape index (κ1) is 17.6. The summed E-state index contributed by atoms with van der Waals surface area (Å²) in [4.78, 5) is 21.1. The maximum absolute atomic E-state index is 12.5. The van der Waals surface area contributed by atoms with Crippen molar-refractivity contribution in [3.05, 3.63) is 78.1 Å². The molecule has 0 aliphatic heterocycles. The summed E-state index contributed by atoms with van der Waals surface area (Å²) in [5, 5.41) is 11.0. The Morgan fingerprint density at radius 1 is 1.21 bits per heavy atom. The summed E-state index contributed by atoms with van der Waals surface area (Å²) in [7, 11) is 0. The highest BCUT2D eigenvalue weighted by molar-refractivity contribution is 5.94. The summed E-state index contributed by atoms with van der Waals surface area (Å²) < 4.78 is 6.94. The van der Waals surface area contributed by atoms with E-state index < -0.39 is 6.04 Å². The van der Waals surface area contributed by atoms with E-state index in [0.717, 1.165) is 11.1 Å². The first-order valence-electron chi connectivity index (χ1n) is 8.78. The van der Waals surface area contributed by atoms with Crippen molar-refractivity contribution in [2.24, 2.45) is 0 Å². The highest BCUT2D eigenvalue weighted by atomic mass is 16.5. The van der Waals surface area contributed by atoms with E-state index in [-0.39, 0.29) is 5.91 Å². The zero-order valence-corrected chi connectivity index (χ0v) is 15.4. The van der Waals surface area contributed by atoms with E-state index in [9.17, 15) is 4.79 Å². The predicted molar refractivity (Wildman–Crippen MR) is 102 cm³/mol. The third kappa shape index (κ3) is 3.66. The lowest BCUT2D eigenvalue weighted by atomic mass is 10.1. The van der Waals surface area contributed by atoms with Crippen LogP contribution in [0.3, 0.4) is 0 Å². The average molecular weight is 374 g/mol. The highest BCUT2D eigenvalue weighted by Gasteiger charge is 2.18. The van der Waals surface area contributed by atoms with Crippen LogP contribution in [0.4, 0.5) is 0 Å². The van der Waals surface area contributed by atoms with Crippen LogP contribution in [-0.4, -0.2) is 30.8 Å². The molecule has 1 amide bonds. The molecule has 3 aromatic heterocycles. The summed E-state index contributed by atoms with van der Waals surface area (Å²) in [5.74, 6) is 1.19. The van der Waals surface area contributed by atoms with E-state index in [1.165, 1.54) is 6.20 Å². The fourth-order valence-electron chi connectivity index (χ4n) is 2.71. The van der Waals surface area contributed by atoms with Gasteiger partial charge in [-0.2, -0.15) is 10.1 Å². The van der Waals surface area contributed by atoms with Crippen LogP contribution in [0, 0.1) is 6.92 Å². The molecule has 0 saturated carbocycles. The fourth-order valence-corrected chi connectivity index (χ4v) is 2.71. The molecule has 8 heteroatoms. The number of amides is 1. The van der Waals surface area contributed by atoms with Gasteiger partial charge in [-0.25, -0.2) is 9.67 Å². The van der Waals surface area contributed by atoms with Gasteiger partial charge in [0.2, 0.25) is 11.7 Å². The number of carbonyl (C=O) groups is 1. The Bertz CT molecular complexity index is 1090. The smallest absolute Gasteiger partial charge is 0.253 e. The molecule has 0 fully saturated rings. The molecule has 140 valence electrons. The molecule has 0 aliphatic rings. The number of nitrogens with one attached hydrogen (secondary N) is 1. The van der Waals surface area contributed by atoms with Crippen LogP contribution in [0.2, 0.25) is 0 Å². The minimum absolute atomic E-state index is 0.276. The molecule has 0 unspecified atom stereocenters. The molecule has 1 atom stereocenters. The van der Waals surface area contributed by atoms with Crippen molar-refractivity contribution in [1.82, 2.24) is 30.2 Å². The minimum atomic E-state index is -0.440. The predicted octanol–water partition coefficient (Wildman–Crippen LogP) is 3.12. The number of hydrogen-bond acceptors (Lipinski definition) is 6. The maximum Gasteiger partial charge on any atom is 0.253 e. The van der Waals surface area contributed by atoms with E-state index in [0.29, 0.717) is 23.1 Å². The van der Waals surface area contributed by atoms with Gasteiger partial charge in [-0.05, 0) is 38.1 Å². The molecular weight excluding hydrogens is 356 g/mol. The molecule has 0 aliphatic carbocycles. The zero-order valence-electron chi connectivity index (χ0n) is 15.4. The van der Waals surface area contributed by atoms with Crippen LogP contribution < -0.4 is 5.32 Å². The summed E-state index contributed by atoms with van der Waals surface area (Å²) in [6.45, 7) is 3.79. The van der Waals surface area contributed by atoms with Gasteiger partial charge in [0, 0.05) is 24.2 Å². The van der Waals surface area contributed by atoms with E-state index in [4.69, 9.17) is 4.52 Å². The van der Waals surface area contributed by atoms with Crippen molar-refractivity contribution in [3.63, 3.8) is 0 Å². The number of aromatic nitrogens is 5. The van der Waals surface area contributed by atoms with Crippen LogP contribution in [0.15, 0.2) is 65.6 Å². The third-order valence-corrected chi connectivity index (χ3v) is 4.19. The van der Waals surface area contributed by atoms with Gasteiger partial charge in [0.1, 0.15) is 6.04 Å².